The molecule has 5 heteroatoms. The molecule has 0 saturated heterocycles. The molecule has 0 amide bonds. The number of phenols is 4. The molecule has 1 aliphatic heterocycles. The van der Waals surface area contributed by atoms with Crippen LogP contribution in [0.2, 0.25) is 0 Å². The summed E-state index contributed by atoms with van der Waals surface area (Å²) in [7, 11) is 0. The number of rotatable bonds is 1. The van der Waals surface area contributed by atoms with Gasteiger partial charge in [0, 0.05) is 12.5 Å². The highest BCUT2D eigenvalue weighted by Gasteiger charge is 2.22. The van der Waals surface area contributed by atoms with E-state index in [9.17, 15) is 20.4 Å². The Labute approximate surface area is 122 Å². The maximum atomic E-state index is 9.77. The minimum absolute atomic E-state index is 0.0690. The fourth-order valence-electron chi connectivity index (χ4n) is 2.81. The molecule has 0 aliphatic carbocycles. The molecule has 0 spiro atoms. The first-order valence-electron chi connectivity index (χ1n) is 6.83. The van der Waals surface area contributed by atoms with Crippen molar-refractivity contribution in [1.82, 2.24) is 5.32 Å². The second kappa shape index (κ2) is 5.18. The van der Waals surface area contributed by atoms with Crippen molar-refractivity contribution in [3.8, 4) is 23.0 Å². The van der Waals surface area contributed by atoms with E-state index in [1.807, 2.05) is 0 Å². The Hall–Kier alpha value is -2.40. The number of nitrogens with one attached hydrogen (secondary N) is 1. The van der Waals surface area contributed by atoms with Crippen molar-refractivity contribution in [1.29, 1.82) is 0 Å². The van der Waals surface area contributed by atoms with Crippen LogP contribution in [-0.4, -0.2) is 33.5 Å². The Kier molecular flexibility index (Phi) is 3.35. The third-order valence-electron chi connectivity index (χ3n) is 3.93. The third kappa shape index (κ3) is 2.48. The molecule has 21 heavy (non-hydrogen) atoms. The van der Waals surface area contributed by atoms with E-state index in [0.29, 0.717) is 6.54 Å². The second-order valence-electron chi connectivity index (χ2n) is 5.29. The van der Waals surface area contributed by atoms with Gasteiger partial charge in [0.1, 0.15) is 0 Å². The van der Waals surface area contributed by atoms with Crippen LogP contribution in [0.5, 0.6) is 23.0 Å². The SMILES string of the molecule is Oc1ccc(C2CNCCc3cc(O)c(O)cc32)cc1O. The van der Waals surface area contributed by atoms with E-state index in [4.69, 9.17) is 0 Å². The Balaban J connectivity index is 2.11. The van der Waals surface area contributed by atoms with Crippen LogP contribution in [-0.2, 0) is 6.42 Å². The Morgan fingerprint density at radius 1 is 0.857 bits per heavy atom. The number of aromatic hydroxyl groups is 4. The molecule has 1 unspecified atom stereocenters. The van der Waals surface area contributed by atoms with Crippen LogP contribution in [0.25, 0.3) is 0 Å². The van der Waals surface area contributed by atoms with Crippen molar-refractivity contribution >= 4 is 0 Å². The zero-order valence-electron chi connectivity index (χ0n) is 11.4. The van der Waals surface area contributed by atoms with Gasteiger partial charge in [0.2, 0.25) is 0 Å². The molecule has 0 saturated carbocycles. The van der Waals surface area contributed by atoms with Crippen LogP contribution < -0.4 is 5.32 Å². The van der Waals surface area contributed by atoms with Crippen LogP contribution in [0, 0.1) is 0 Å². The molecule has 5 N–H and O–H groups in total. The molecule has 1 heterocycles. The molecule has 0 aromatic heterocycles. The first-order chi connectivity index (χ1) is 10.1. The van der Waals surface area contributed by atoms with Gasteiger partial charge in [-0.05, 0) is 53.9 Å². The minimum Gasteiger partial charge on any atom is -0.504 e. The Morgan fingerprint density at radius 2 is 1.57 bits per heavy atom. The summed E-state index contributed by atoms with van der Waals surface area (Å²) < 4.78 is 0. The summed E-state index contributed by atoms with van der Waals surface area (Å²) in [4.78, 5) is 0. The first kappa shape index (κ1) is 13.6. The van der Waals surface area contributed by atoms with Crippen LogP contribution in [0.15, 0.2) is 30.3 Å². The highest BCUT2D eigenvalue weighted by atomic mass is 16.3. The van der Waals surface area contributed by atoms with Gasteiger partial charge in [0.25, 0.3) is 0 Å². The molecule has 0 fully saturated rings. The van der Waals surface area contributed by atoms with Gasteiger partial charge in [-0.2, -0.15) is 0 Å². The van der Waals surface area contributed by atoms with E-state index >= 15 is 0 Å². The van der Waals surface area contributed by atoms with Crippen LogP contribution in [0.3, 0.4) is 0 Å². The molecule has 2 aromatic carbocycles. The van der Waals surface area contributed by atoms with Gasteiger partial charge >= 0.3 is 0 Å². The van der Waals surface area contributed by atoms with Crippen molar-refractivity contribution in [3.63, 3.8) is 0 Å². The number of hydrogen-bond donors (Lipinski definition) is 5. The molecule has 0 bridgehead atoms. The third-order valence-corrected chi connectivity index (χ3v) is 3.93. The topological polar surface area (TPSA) is 93.0 Å². The van der Waals surface area contributed by atoms with Gasteiger partial charge in [-0.1, -0.05) is 6.07 Å². The van der Waals surface area contributed by atoms with Gasteiger partial charge in [0.15, 0.2) is 23.0 Å². The number of benzene rings is 2. The van der Waals surface area contributed by atoms with Crippen LogP contribution in [0.1, 0.15) is 22.6 Å². The molecular weight excluding hydrogens is 270 g/mol. The summed E-state index contributed by atoms with van der Waals surface area (Å²) in [5.74, 6) is -0.664. The Bertz CT molecular complexity index is 684. The van der Waals surface area contributed by atoms with Crippen molar-refractivity contribution in [2.45, 2.75) is 12.3 Å². The molecule has 110 valence electrons. The average Bonchev–Trinajstić information content (AvgIpc) is 2.65. The first-order valence-corrected chi connectivity index (χ1v) is 6.83. The zero-order valence-corrected chi connectivity index (χ0v) is 11.4. The lowest BCUT2D eigenvalue weighted by Crippen LogP contribution is -2.20. The fraction of sp³-hybridized carbons (Fsp3) is 0.250. The van der Waals surface area contributed by atoms with Crippen LogP contribution in [0.4, 0.5) is 0 Å². The summed E-state index contributed by atoms with van der Waals surface area (Å²) in [6, 6.07) is 7.90. The molecule has 3 rings (SSSR count). The van der Waals surface area contributed by atoms with Gasteiger partial charge in [-0.3, -0.25) is 0 Å². The molecule has 1 aliphatic rings. The largest absolute Gasteiger partial charge is 0.504 e. The van der Waals surface area contributed by atoms with Crippen LogP contribution >= 0.6 is 0 Å². The van der Waals surface area contributed by atoms with E-state index in [1.165, 1.54) is 12.1 Å². The monoisotopic (exact) mass is 287 g/mol. The molecule has 5 nitrogen and oxygen atoms in total. The average molecular weight is 287 g/mol. The fourth-order valence-corrected chi connectivity index (χ4v) is 2.81. The van der Waals surface area contributed by atoms with E-state index in [2.05, 4.69) is 5.32 Å². The van der Waals surface area contributed by atoms with Crippen molar-refractivity contribution in [3.05, 3.63) is 47.0 Å². The van der Waals surface area contributed by atoms with Gasteiger partial charge in [0.05, 0.1) is 0 Å². The van der Waals surface area contributed by atoms with Crippen molar-refractivity contribution in [2.75, 3.05) is 13.1 Å². The molecule has 0 radical (unpaired) electrons. The maximum Gasteiger partial charge on any atom is 0.157 e. The van der Waals surface area contributed by atoms with E-state index in [-0.39, 0.29) is 28.9 Å². The van der Waals surface area contributed by atoms with Gasteiger partial charge < -0.3 is 25.7 Å². The predicted octanol–water partition coefficient (Wildman–Crippen LogP) is 1.79. The summed E-state index contributed by atoms with van der Waals surface area (Å²) in [5, 5.41) is 41.9. The van der Waals surface area contributed by atoms with E-state index in [0.717, 1.165) is 29.7 Å². The number of hydrogen-bond acceptors (Lipinski definition) is 5. The van der Waals surface area contributed by atoms with Crippen molar-refractivity contribution in [2.24, 2.45) is 0 Å². The van der Waals surface area contributed by atoms with Gasteiger partial charge in [-0.25, -0.2) is 0 Å². The second-order valence-corrected chi connectivity index (χ2v) is 5.29. The predicted molar refractivity (Wildman–Crippen MR) is 78.0 cm³/mol. The summed E-state index contributed by atoms with van der Waals surface area (Å²) in [6.45, 7) is 1.43. The highest BCUT2D eigenvalue weighted by Crippen LogP contribution is 2.38. The number of fused-ring (bicyclic) bond motifs is 1. The summed E-state index contributed by atoms with van der Waals surface area (Å²) in [6.07, 6.45) is 0.754. The molecular formula is C16H17NO4. The lowest BCUT2D eigenvalue weighted by molar-refractivity contribution is 0.401. The summed E-state index contributed by atoms with van der Waals surface area (Å²) in [5.41, 5.74) is 2.72. The van der Waals surface area contributed by atoms with Crippen molar-refractivity contribution < 1.29 is 20.4 Å². The minimum atomic E-state index is -0.165. The quantitative estimate of drug-likeness (QED) is 0.516. The zero-order chi connectivity index (χ0) is 15.0. The summed E-state index contributed by atoms with van der Waals surface area (Å²) >= 11 is 0. The Morgan fingerprint density at radius 3 is 2.33 bits per heavy atom. The molecule has 2 aromatic rings. The van der Waals surface area contributed by atoms with E-state index < -0.39 is 0 Å². The highest BCUT2D eigenvalue weighted by molar-refractivity contribution is 5.52. The standard InChI is InChI=1S/C16H17NO4/c18-13-2-1-9(5-14(13)19)12-8-17-4-3-10-6-15(20)16(21)7-11(10)12/h1-2,5-7,12,17-21H,3-4,8H2. The molecule has 1 atom stereocenters. The van der Waals surface area contributed by atoms with E-state index in [1.54, 1.807) is 18.2 Å². The number of phenolic OH excluding ortho intramolecular Hbond substituents is 4. The lowest BCUT2D eigenvalue weighted by Gasteiger charge is -2.19. The van der Waals surface area contributed by atoms with Gasteiger partial charge in [-0.15, -0.1) is 0 Å². The smallest absolute Gasteiger partial charge is 0.157 e. The lowest BCUT2D eigenvalue weighted by atomic mass is 9.87. The normalized spacial score (nSPS) is 18.0. The maximum absolute atomic E-state index is 9.77.